The summed E-state index contributed by atoms with van der Waals surface area (Å²) in [6.07, 6.45) is 1.66. The minimum Gasteiger partial charge on any atom is -0.497 e. The third-order valence-corrected chi connectivity index (χ3v) is 6.26. The Labute approximate surface area is 192 Å². The molecule has 8 nitrogen and oxygen atoms in total. The predicted molar refractivity (Wildman–Crippen MR) is 124 cm³/mol. The molecule has 1 aromatic heterocycles. The van der Waals surface area contributed by atoms with Crippen molar-refractivity contribution in [2.45, 2.75) is 5.16 Å². The van der Waals surface area contributed by atoms with E-state index in [1.165, 1.54) is 11.8 Å². The molecule has 168 valence electrons. The van der Waals surface area contributed by atoms with Crippen molar-refractivity contribution in [2.75, 3.05) is 52.2 Å². The van der Waals surface area contributed by atoms with E-state index >= 15 is 0 Å². The molecule has 0 unspecified atom stereocenters. The Morgan fingerprint density at radius 3 is 2.47 bits per heavy atom. The molecule has 4 rings (SSSR count). The van der Waals surface area contributed by atoms with Crippen molar-refractivity contribution < 1.29 is 14.3 Å². The van der Waals surface area contributed by atoms with Gasteiger partial charge in [-0.3, -0.25) is 14.3 Å². The van der Waals surface area contributed by atoms with Crippen molar-refractivity contribution in [1.29, 1.82) is 0 Å². The molecule has 32 heavy (non-hydrogen) atoms. The van der Waals surface area contributed by atoms with Crippen molar-refractivity contribution in [3.05, 3.63) is 60.9 Å². The zero-order valence-corrected chi connectivity index (χ0v) is 18.9. The summed E-state index contributed by atoms with van der Waals surface area (Å²) in [5.74, 6) is 2.14. The van der Waals surface area contributed by atoms with Crippen LogP contribution >= 0.6 is 11.8 Å². The van der Waals surface area contributed by atoms with Gasteiger partial charge in [0.15, 0.2) is 5.16 Å². The first kappa shape index (κ1) is 22.2. The number of nitrogens with zero attached hydrogens (tertiary/aromatic N) is 5. The van der Waals surface area contributed by atoms with Gasteiger partial charge in [0, 0.05) is 38.4 Å². The number of hydrogen-bond acceptors (Lipinski definition) is 7. The molecule has 0 spiro atoms. The van der Waals surface area contributed by atoms with Gasteiger partial charge in [0.2, 0.25) is 5.91 Å². The molecule has 0 saturated carbocycles. The summed E-state index contributed by atoms with van der Waals surface area (Å²) in [6.45, 7) is 4.68. The first-order valence-electron chi connectivity index (χ1n) is 10.6. The molecule has 1 aliphatic heterocycles. The number of piperazine rings is 1. The summed E-state index contributed by atoms with van der Waals surface area (Å²) in [5, 5.41) is 8.88. The highest BCUT2D eigenvalue weighted by molar-refractivity contribution is 7.99. The number of carbonyl (C=O) groups is 1. The van der Waals surface area contributed by atoms with Crippen LogP contribution in [-0.4, -0.2) is 82.7 Å². The lowest BCUT2D eigenvalue weighted by molar-refractivity contribution is -0.130. The Morgan fingerprint density at radius 1 is 1.00 bits per heavy atom. The average Bonchev–Trinajstić information content (AvgIpc) is 3.32. The molecule has 0 aliphatic carbocycles. The third kappa shape index (κ3) is 5.80. The lowest BCUT2D eigenvalue weighted by Crippen LogP contribution is -2.50. The summed E-state index contributed by atoms with van der Waals surface area (Å²) in [4.78, 5) is 17.0. The normalized spacial score (nSPS) is 14.3. The van der Waals surface area contributed by atoms with E-state index in [0.717, 1.165) is 49.9 Å². The number of carbonyl (C=O) groups excluding carboxylic acids is 1. The molecule has 0 N–H and O–H groups in total. The van der Waals surface area contributed by atoms with Gasteiger partial charge in [0.1, 0.15) is 24.4 Å². The predicted octanol–water partition coefficient (Wildman–Crippen LogP) is 2.59. The Kier molecular flexibility index (Phi) is 7.63. The maximum atomic E-state index is 12.7. The van der Waals surface area contributed by atoms with Gasteiger partial charge in [0.05, 0.1) is 12.9 Å². The molecule has 1 saturated heterocycles. The molecule has 3 aromatic rings. The van der Waals surface area contributed by atoms with Gasteiger partial charge in [0.25, 0.3) is 0 Å². The molecular weight excluding hydrogens is 426 g/mol. The fourth-order valence-corrected chi connectivity index (χ4v) is 4.32. The first-order chi connectivity index (χ1) is 15.7. The smallest absolute Gasteiger partial charge is 0.233 e. The third-order valence-electron chi connectivity index (χ3n) is 5.34. The summed E-state index contributed by atoms with van der Waals surface area (Å²) in [6, 6.07) is 17.5. The molecule has 1 amide bonds. The quantitative estimate of drug-likeness (QED) is 0.461. The second kappa shape index (κ2) is 11.0. The van der Waals surface area contributed by atoms with Crippen LogP contribution in [0.5, 0.6) is 11.5 Å². The highest BCUT2D eigenvalue weighted by Gasteiger charge is 2.21. The van der Waals surface area contributed by atoms with Gasteiger partial charge in [-0.05, 0) is 36.4 Å². The number of ether oxygens (including phenoxy) is 2. The van der Waals surface area contributed by atoms with E-state index in [-0.39, 0.29) is 5.91 Å². The summed E-state index contributed by atoms with van der Waals surface area (Å²) in [5.41, 5.74) is 0.928. The number of thioether (sulfide) groups is 1. The van der Waals surface area contributed by atoms with E-state index in [1.54, 1.807) is 13.4 Å². The number of aromatic nitrogens is 3. The zero-order chi connectivity index (χ0) is 22.2. The van der Waals surface area contributed by atoms with E-state index in [0.29, 0.717) is 17.5 Å². The van der Waals surface area contributed by atoms with Gasteiger partial charge in [-0.2, -0.15) is 0 Å². The van der Waals surface area contributed by atoms with Gasteiger partial charge < -0.3 is 14.4 Å². The second-order valence-corrected chi connectivity index (χ2v) is 8.30. The number of hydrogen-bond donors (Lipinski definition) is 0. The minimum absolute atomic E-state index is 0.125. The van der Waals surface area contributed by atoms with E-state index in [9.17, 15) is 4.79 Å². The maximum Gasteiger partial charge on any atom is 0.233 e. The Morgan fingerprint density at radius 2 is 1.75 bits per heavy atom. The van der Waals surface area contributed by atoms with Crippen LogP contribution in [0.2, 0.25) is 0 Å². The number of amides is 1. The van der Waals surface area contributed by atoms with E-state index < -0.39 is 0 Å². The topological polar surface area (TPSA) is 72.7 Å². The number of para-hydroxylation sites is 1. The van der Waals surface area contributed by atoms with Crippen LogP contribution in [0.1, 0.15) is 0 Å². The van der Waals surface area contributed by atoms with Gasteiger partial charge >= 0.3 is 0 Å². The van der Waals surface area contributed by atoms with E-state index in [1.807, 2.05) is 64.1 Å². The van der Waals surface area contributed by atoms with Crippen LogP contribution in [0.15, 0.2) is 66.1 Å². The van der Waals surface area contributed by atoms with Crippen LogP contribution < -0.4 is 9.47 Å². The molecule has 1 aliphatic rings. The van der Waals surface area contributed by atoms with Crippen LogP contribution in [0.4, 0.5) is 0 Å². The maximum absolute atomic E-state index is 12.7. The zero-order valence-electron chi connectivity index (χ0n) is 18.1. The first-order valence-corrected chi connectivity index (χ1v) is 11.6. The monoisotopic (exact) mass is 453 g/mol. The van der Waals surface area contributed by atoms with Gasteiger partial charge in [-0.15, -0.1) is 10.2 Å². The molecule has 9 heteroatoms. The largest absolute Gasteiger partial charge is 0.497 e. The van der Waals surface area contributed by atoms with E-state index in [2.05, 4.69) is 15.1 Å². The molecule has 0 radical (unpaired) electrons. The van der Waals surface area contributed by atoms with Crippen molar-refractivity contribution in [2.24, 2.45) is 0 Å². The van der Waals surface area contributed by atoms with Crippen molar-refractivity contribution >= 4 is 17.7 Å². The molecular formula is C23H27N5O3S. The van der Waals surface area contributed by atoms with Crippen molar-refractivity contribution in [3.8, 4) is 17.2 Å². The fourth-order valence-electron chi connectivity index (χ4n) is 3.49. The Hall–Kier alpha value is -3.04. The lowest BCUT2D eigenvalue weighted by Gasteiger charge is -2.34. The number of benzene rings is 2. The lowest BCUT2D eigenvalue weighted by atomic mass is 10.3. The molecule has 2 heterocycles. The van der Waals surface area contributed by atoms with Crippen molar-refractivity contribution in [1.82, 2.24) is 24.6 Å². The van der Waals surface area contributed by atoms with Gasteiger partial charge in [-0.25, -0.2) is 0 Å². The van der Waals surface area contributed by atoms with Gasteiger partial charge in [-0.1, -0.05) is 30.0 Å². The average molecular weight is 454 g/mol. The number of methoxy groups -OCH3 is 1. The Balaban J connectivity index is 1.21. The van der Waals surface area contributed by atoms with Crippen LogP contribution in [0, 0.1) is 0 Å². The van der Waals surface area contributed by atoms with E-state index in [4.69, 9.17) is 9.47 Å². The summed E-state index contributed by atoms with van der Waals surface area (Å²) in [7, 11) is 1.64. The molecule has 2 aromatic carbocycles. The summed E-state index contributed by atoms with van der Waals surface area (Å²) < 4.78 is 12.9. The second-order valence-electron chi connectivity index (χ2n) is 7.35. The van der Waals surface area contributed by atoms with Crippen LogP contribution in [0.25, 0.3) is 5.69 Å². The standard InChI is InChI=1S/C23H27N5O3S/c1-30-20-9-7-19(8-10-20)28-18-24-25-23(28)32-17-22(29)27-13-11-26(12-14-27)15-16-31-21-5-3-2-4-6-21/h2-10,18H,11-17H2,1H3. The minimum atomic E-state index is 0.125. The fraction of sp³-hybridized carbons (Fsp3) is 0.348. The molecule has 0 bridgehead atoms. The van der Waals surface area contributed by atoms with Crippen LogP contribution in [-0.2, 0) is 4.79 Å². The SMILES string of the molecule is COc1ccc(-n2cnnc2SCC(=O)N2CCN(CCOc3ccccc3)CC2)cc1. The van der Waals surface area contributed by atoms with Crippen molar-refractivity contribution in [3.63, 3.8) is 0 Å². The molecule has 1 fully saturated rings. The Bertz CT molecular complexity index is 988. The highest BCUT2D eigenvalue weighted by Crippen LogP contribution is 2.22. The van der Waals surface area contributed by atoms with Crippen LogP contribution in [0.3, 0.4) is 0 Å². The molecule has 0 atom stereocenters. The summed E-state index contributed by atoms with van der Waals surface area (Å²) >= 11 is 1.41. The highest BCUT2D eigenvalue weighted by atomic mass is 32.2. The number of rotatable bonds is 9.